The second-order valence-electron chi connectivity index (χ2n) is 7.42. The molecule has 0 bridgehead atoms. The zero-order chi connectivity index (χ0) is 18.4. The van der Waals surface area contributed by atoms with Crippen LogP contribution in [0.4, 0.5) is 0 Å². The van der Waals surface area contributed by atoms with Gasteiger partial charge >= 0.3 is 0 Å². The van der Waals surface area contributed by atoms with Crippen molar-refractivity contribution in [3.05, 3.63) is 75.3 Å². The summed E-state index contributed by atoms with van der Waals surface area (Å²) in [5.41, 5.74) is 3.79. The van der Waals surface area contributed by atoms with E-state index in [0.717, 1.165) is 38.1 Å². The molecule has 136 valence electrons. The Bertz CT molecular complexity index is 1120. The van der Waals surface area contributed by atoms with Crippen LogP contribution >= 0.6 is 0 Å². The average molecular weight is 359 g/mol. The molecule has 0 fully saturated rings. The van der Waals surface area contributed by atoms with Gasteiger partial charge in [-0.2, -0.15) is 0 Å². The summed E-state index contributed by atoms with van der Waals surface area (Å²) in [4.78, 5) is 32.3. The third kappa shape index (κ3) is 2.74. The number of nitrogens with zero attached hydrogens (tertiary/aromatic N) is 3. The van der Waals surface area contributed by atoms with Crippen LogP contribution in [0.1, 0.15) is 40.2 Å². The quantitative estimate of drug-likeness (QED) is 0.671. The van der Waals surface area contributed by atoms with Crippen LogP contribution in [0.25, 0.3) is 10.9 Å². The fraction of sp³-hybridized carbons (Fsp3) is 0.318. The first-order valence-electron chi connectivity index (χ1n) is 9.60. The summed E-state index contributed by atoms with van der Waals surface area (Å²) < 4.78 is 1.79. The van der Waals surface area contributed by atoms with Crippen molar-refractivity contribution in [1.29, 1.82) is 0 Å². The molecule has 2 aliphatic rings. The maximum absolute atomic E-state index is 13.0. The second kappa shape index (κ2) is 6.34. The van der Waals surface area contributed by atoms with Gasteiger partial charge in [-0.05, 0) is 48.6 Å². The van der Waals surface area contributed by atoms with E-state index in [2.05, 4.69) is 12.1 Å². The second-order valence-corrected chi connectivity index (χ2v) is 7.42. The maximum Gasteiger partial charge on any atom is 0.261 e. The van der Waals surface area contributed by atoms with Crippen LogP contribution in [0.15, 0.2) is 47.3 Å². The van der Waals surface area contributed by atoms with Gasteiger partial charge in [-0.25, -0.2) is 4.98 Å². The van der Waals surface area contributed by atoms with Crippen LogP contribution in [-0.4, -0.2) is 26.9 Å². The first-order chi connectivity index (χ1) is 13.2. The minimum atomic E-state index is 0.00558. The standard InChI is InChI=1S/C22H21N3O2/c26-21(24-12-10-15-5-1-2-6-17(15)14-24)16-8-9-18-19(13-16)23-20-7-3-4-11-25(20)22(18)27/h1-2,5-6,8-9,13H,3-4,7,10-12,14H2. The highest BCUT2D eigenvalue weighted by Crippen LogP contribution is 2.22. The van der Waals surface area contributed by atoms with Crippen molar-refractivity contribution in [1.82, 2.24) is 14.5 Å². The van der Waals surface area contributed by atoms with E-state index in [4.69, 9.17) is 4.98 Å². The predicted octanol–water partition coefficient (Wildman–Crippen LogP) is 2.93. The van der Waals surface area contributed by atoms with Gasteiger partial charge in [0.25, 0.3) is 11.5 Å². The Labute approximate surface area is 157 Å². The molecule has 0 saturated heterocycles. The van der Waals surface area contributed by atoms with Crippen LogP contribution in [-0.2, 0) is 25.9 Å². The van der Waals surface area contributed by atoms with Gasteiger partial charge in [-0.1, -0.05) is 24.3 Å². The molecule has 2 aliphatic heterocycles. The monoisotopic (exact) mass is 359 g/mol. The molecule has 5 heteroatoms. The average Bonchev–Trinajstić information content (AvgIpc) is 2.72. The lowest BCUT2D eigenvalue weighted by molar-refractivity contribution is 0.0735. The number of hydrogen-bond donors (Lipinski definition) is 0. The van der Waals surface area contributed by atoms with E-state index in [-0.39, 0.29) is 11.5 Å². The highest BCUT2D eigenvalue weighted by atomic mass is 16.2. The Morgan fingerprint density at radius 1 is 0.963 bits per heavy atom. The van der Waals surface area contributed by atoms with E-state index in [1.165, 1.54) is 11.1 Å². The lowest BCUT2D eigenvalue weighted by atomic mass is 9.99. The maximum atomic E-state index is 13.0. The number of rotatable bonds is 1. The molecule has 0 radical (unpaired) electrons. The molecule has 0 N–H and O–H groups in total. The fourth-order valence-corrected chi connectivity index (χ4v) is 4.23. The Morgan fingerprint density at radius 3 is 2.70 bits per heavy atom. The SMILES string of the molecule is O=C(c1ccc2c(=O)n3c(nc2c1)CCCC3)N1CCc2ccccc2C1. The van der Waals surface area contributed by atoms with Crippen molar-refractivity contribution in [2.24, 2.45) is 0 Å². The summed E-state index contributed by atoms with van der Waals surface area (Å²) >= 11 is 0. The smallest absolute Gasteiger partial charge is 0.261 e. The number of benzene rings is 2. The summed E-state index contributed by atoms with van der Waals surface area (Å²) in [6.07, 6.45) is 3.78. The van der Waals surface area contributed by atoms with Gasteiger partial charge in [0.15, 0.2) is 0 Å². The zero-order valence-corrected chi connectivity index (χ0v) is 15.1. The minimum Gasteiger partial charge on any atom is -0.334 e. The van der Waals surface area contributed by atoms with Gasteiger partial charge in [0, 0.05) is 31.6 Å². The van der Waals surface area contributed by atoms with E-state index in [1.54, 1.807) is 22.8 Å². The summed E-state index contributed by atoms with van der Waals surface area (Å²) in [5.74, 6) is 0.848. The van der Waals surface area contributed by atoms with Crippen molar-refractivity contribution in [2.45, 2.75) is 38.8 Å². The molecule has 0 saturated carbocycles. The predicted molar refractivity (Wildman–Crippen MR) is 104 cm³/mol. The number of aryl methyl sites for hydroxylation is 1. The third-order valence-electron chi connectivity index (χ3n) is 5.73. The molecule has 1 aromatic heterocycles. The molecule has 0 aliphatic carbocycles. The number of carbonyl (C=O) groups is 1. The van der Waals surface area contributed by atoms with E-state index < -0.39 is 0 Å². The molecular formula is C22H21N3O2. The van der Waals surface area contributed by atoms with Crippen LogP contribution in [0.5, 0.6) is 0 Å². The van der Waals surface area contributed by atoms with Gasteiger partial charge in [0.2, 0.25) is 0 Å². The van der Waals surface area contributed by atoms with Crippen LogP contribution < -0.4 is 5.56 Å². The van der Waals surface area contributed by atoms with Gasteiger partial charge < -0.3 is 4.90 Å². The van der Waals surface area contributed by atoms with E-state index in [9.17, 15) is 9.59 Å². The number of amides is 1. The molecule has 3 heterocycles. The molecular weight excluding hydrogens is 338 g/mol. The third-order valence-corrected chi connectivity index (χ3v) is 5.73. The molecule has 0 unspecified atom stereocenters. The summed E-state index contributed by atoms with van der Waals surface area (Å²) in [5, 5.41) is 0.598. The van der Waals surface area contributed by atoms with E-state index in [1.807, 2.05) is 17.0 Å². The Hall–Kier alpha value is -2.95. The Morgan fingerprint density at radius 2 is 1.81 bits per heavy atom. The van der Waals surface area contributed by atoms with Crippen molar-refractivity contribution >= 4 is 16.8 Å². The van der Waals surface area contributed by atoms with Crippen LogP contribution in [0, 0.1) is 0 Å². The Kier molecular flexibility index (Phi) is 3.81. The molecule has 5 rings (SSSR count). The molecule has 2 aromatic carbocycles. The largest absolute Gasteiger partial charge is 0.334 e. The van der Waals surface area contributed by atoms with Crippen molar-refractivity contribution in [3.63, 3.8) is 0 Å². The highest BCUT2D eigenvalue weighted by molar-refractivity contribution is 5.97. The lowest BCUT2D eigenvalue weighted by Gasteiger charge is -2.29. The normalized spacial score (nSPS) is 16.1. The number of hydrogen-bond acceptors (Lipinski definition) is 3. The van der Waals surface area contributed by atoms with Crippen LogP contribution in [0.2, 0.25) is 0 Å². The number of aromatic nitrogens is 2. The van der Waals surface area contributed by atoms with E-state index >= 15 is 0 Å². The lowest BCUT2D eigenvalue weighted by Crippen LogP contribution is -2.36. The number of fused-ring (bicyclic) bond motifs is 3. The zero-order valence-electron chi connectivity index (χ0n) is 15.1. The summed E-state index contributed by atoms with van der Waals surface area (Å²) in [6, 6.07) is 13.6. The van der Waals surface area contributed by atoms with Crippen molar-refractivity contribution < 1.29 is 4.79 Å². The topological polar surface area (TPSA) is 55.2 Å². The van der Waals surface area contributed by atoms with Gasteiger partial charge in [0.05, 0.1) is 10.9 Å². The number of carbonyl (C=O) groups excluding carboxylic acids is 1. The Balaban J connectivity index is 1.50. The minimum absolute atomic E-state index is 0.00558. The van der Waals surface area contributed by atoms with Gasteiger partial charge in [-0.3, -0.25) is 14.2 Å². The molecule has 1 amide bonds. The molecule has 0 atom stereocenters. The molecule has 0 spiro atoms. The summed E-state index contributed by atoms with van der Waals surface area (Å²) in [6.45, 7) is 2.09. The molecule has 5 nitrogen and oxygen atoms in total. The molecule has 27 heavy (non-hydrogen) atoms. The first kappa shape index (κ1) is 16.2. The van der Waals surface area contributed by atoms with Crippen molar-refractivity contribution in [2.75, 3.05) is 6.54 Å². The summed E-state index contributed by atoms with van der Waals surface area (Å²) in [7, 11) is 0. The van der Waals surface area contributed by atoms with Crippen molar-refractivity contribution in [3.8, 4) is 0 Å². The van der Waals surface area contributed by atoms with E-state index in [0.29, 0.717) is 29.6 Å². The van der Waals surface area contributed by atoms with Gasteiger partial charge in [0.1, 0.15) is 5.82 Å². The molecule has 3 aromatic rings. The highest BCUT2D eigenvalue weighted by Gasteiger charge is 2.22. The van der Waals surface area contributed by atoms with Crippen LogP contribution in [0.3, 0.4) is 0 Å². The first-order valence-corrected chi connectivity index (χ1v) is 9.60. The fourth-order valence-electron chi connectivity index (χ4n) is 4.23. The van der Waals surface area contributed by atoms with Gasteiger partial charge in [-0.15, -0.1) is 0 Å².